The minimum absolute atomic E-state index is 0. The predicted octanol–water partition coefficient (Wildman–Crippen LogP) is 6.14. The number of anilines is 1. The van der Waals surface area contributed by atoms with Gasteiger partial charge in [0.2, 0.25) is 0 Å². The molecule has 0 aliphatic carbocycles. The Morgan fingerprint density at radius 1 is 1.14 bits per heavy atom. The fraction of sp³-hybridized carbons (Fsp3) is 0.464. The Morgan fingerprint density at radius 3 is 2.65 bits per heavy atom. The van der Waals surface area contributed by atoms with Gasteiger partial charge in [-0.15, -0.1) is 0 Å². The van der Waals surface area contributed by atoms with Crippen LogP contribution in [0.4, 0.5) is 5.13 Å². The van der Waals surface area contributed by atoms with Crippen LogP contribution in [0.1, 0.15) is 41.5 Å². The van der Waals surface area contributed by atoms with E-state index in [1.165, 1.54) is 0 Å². The highest BCUT2D eigenvalue weighted by molar-refractivity contribution is 7.22. The lowest BCUT2D eigenvalue weighted by Gasteiger charge is -2.17. The van der Waals surface area contributed by atoms with Crippen LogP contribution in [-0.4, -0.2) is 62.0 Å². The number of aromatic nitrogens is 4. The Kier molecular flexibility index (Phi) is 10.4. The van der Waals surface area contributed by atoms with Crippen molar-refractivity contribution in [3.05, 3.63) is 48.9 Å². The zero-order chi connectivity index (χ0) is 25.5. The summed E-state index contributed by atoms with van der Waals surface area (Å²) in [6.07, 6.45) is 6.53. The molecule has 3 heterocycles. The molecule has 0 unspecified atom stereocenters. The zero-order valence-electron chi connectivity index (χ0n) is 21.5. The first kappa shape index (κ1) is 28.6. The molecule has 4 rings (SSSR count). The van der Waals surface area contributed by atoms with Crippen molar-refractivity contribution in [2.45, 2.75) is 54.1 Å². The third-order valence-electron chi connectivity index (χ3n) is 6.10. The Bertz CT molecular complexity index is 1250. The van der Waals surface area contributed by atoms with E-state index < -0.39 is 0 Å². The molecular formula is C28H40N6O2S. The largest absolute Gasteiger partial charge is 0.457 e. The number of fused-ring (bicyclic) bond motifs is 1. The summed E-state index contributed by atoms with van der Waals surface area (Å²) in [5, 5.41) is 18.4. The predicted molar refractivity (Wildman–Crippen MR) is 154 cm³/mol. The summed E-state index contributed by atoms with van der Waals surface area (Å²) in [6.45, 7) is 12.6. The van der Waals surface area contributed by atoms with Crippen LogP contribution in [0.25, 0.3) is 21.5 Å². The Balaban J connectivity index is 0.00000380. The summed E-state index contributed by atoms with van der Waals surface area (Å²) in [7, 11) is 0. The van der Waals surface area contributed by atoms with Crippen LogP contribution >= 0.6 is 11.3 Å². The number of likely N-dealkylation sites (N-methyl/N-ethyl adjacent to an activating group) is 1. The Hall–Kier alpha value is -3.01. The van der Waals surface area contributed by atoms with Crippen molar-refractivity contribution in [2.75, 3.05) is 31.6 Å². The van der Waals surface area contributed by atoms with Crippen molar-refractivity contribution < 1.29 is 9.84 Å². The molecule has 0 bridgehead atoms. The summed E-state index contributed by atoms with van der Waals surface area (Å²) < 4.78 is 9.17. The van der Waals surface area contributed by atoms with Gasteiger partial charge >= 0.3 is 0 Å². The molecule has 2 N–H and O–H groups in total. The lowest BCUT2D eigenvalue weighted by molar-refractivity contribution is 0.259. The van der Waals surface area contributed by atoms with E-state index in [-0.39, 0.29) is 20.1 Å². The summed E-state index contributed by atoms with van der Waals surface area (Å²) in [5.41, 5.74) is 2.70. The second-order valence-corrected chi connectivity index (χ2v) is 10.3. The molecular weight excluding hydrogens is 484 g/mol. The normalized spacial score (nSPS) is 12.2. The molecule has 0 spiro atoms. The molecule has 0 aliphatic heterocycles. The van der Waals surface area contributed by atoms with Gasteiger partial charge in [-0.2, -0.15) is 5.10 Å². The summed E-state index contributed by atoms with van der Waals surface area (Å²) in [4.78, 5) is 11.6. The summed E-state index contributed by atoms with van der Waals surface area (Å²) in [6, 6.07) is 9.68. The van der Waals surface area contributed by atoms with Crippen molar-refractivity contribution in [1.82, 2.24) is 24.6 Å². The van der Waals surface area contributed by atoms with Gasteiger partial charge in [0, 0.05) is 36.6 Å². The summed E-state index contributed by atoms with van der Waals surface area (Å²) >= 11 is 1.57. The quantitative estimate of drug-likeness (QED) is 0.217. The standard InChI is InChI=1S/C27H36N6O2S.CH4/c1-5-32(6-2)11-12-33-17-20(16-29-33)25-14-23(9-10-28-25)35-22-7-8-24-26(15-22)36-27(31-24)30-21(18-34)13-19(3)4;/h7-10,14-17,19,21,34H,5-6,11-13,18H2,1-4H3,(H,30,31);1H4/t21-;/m1./s1. The van der Waals surface area contributed by atoms with Crippen molar-refractivity contribution in [3.8, 4) is 22.8 Å². The molecule has 9 heteroatoms. The zero-order valence-corrected chi connectivity index (χ0v) is 22.3. The molecule has 0 saturated heterocycles. The Labute approximate surface area is 224 Å². The minimum Gasteiger partial charge on any atom is -0.457 e. The molecule has 0 saturated carbocycles. The molecule has 3 aromatic heterocycles. The van der Waals surface area contributed by atoms with Crippen molar-refractivity contribution in [3.63, 3.8) is 0 Å². The number of hydrogen-bond donors (Lipinski definition) is 2. The Morgan fingerprint density at radius 2 is 1.92 bits per heavy atom. The van der Waals surface area contributed by atoms with Crippen LogP contribution in [0.3, 0.4) is 0 Å². The molecule has 0 amide bonds. The number of aliphatic hydroxyl groups excluding tert-OH is 1. The first-order valence-corrected chi connectivity index (χ1v) is 13.5. The number of ether oxygens (including phenoxy) is 1. The fourth-order valence-corrected chi connectivity index (χ4v) is 5.09. The van der Waals surface area contributed by atoms with Crippen LogP contribution in [0.2, 0.25) is 0 Å². The molecule has 37 heavy (non-hydrogen) atoms. The first-order chi connectivity index (χ1) is 17.5. The molecule has 200 valence electrons. The van der Waals surface area contributed by atoms with Gasteiger partial charge in [0.15, 0.2) is 5.13 Å². The monoisotopic (exact) mass is 524 g/mol. The lowest BCUT2D eigenvalue weighted by atomic mass is 10.0. The van der Waals surface area contributed by atoms with E-state index in [1.807, 2.05) is 47.4 Å². The van der Waals surface area contributed by atoms with Gasteiger partial charge in [-0.25, -0.2) is 4.98 Å². The van der Waals surface area contributed by atoms with E-state index in [9.17, 15) is 5.11 Å². The molecule has 0 radical (unpaired) electrons. The number of nitrogens with zero attached hydrogens (tertiary/aromatic N) is 5. The molecule has 8 nitrogen and oxygen atoms in total. The molecule has 0 fully saturated rings. The van der Waals surface area contributed by atoms with Gasteiger partial charge < -0.3 is 20.1 Å². The van der Waals surface area contributed by atoms with E-state index in [0.29, 0.717) is 5.92 Å². The van der Waals surface area contributed by atoms with Gasteiger partial charge in [-0.1, -0.05) is 46.5 Å². The molecule has 1 atom stereocenters. The topological polar surface area (TPSA) is 88.3 Å². The maximum atomic E-state index is 9.68. The first-order valence-electron chi connectivity index (χ1n) is 12.6. The lowest BCUT2D eigenvalue weighted by Crippen LogP contribution is -2.27. The fourth-order valence-electron chi connectivity index (χ4n) is 4.12. The van der Waals surface area contributed by atoms with E-state index in [0.717, 1.165) is 70.7 Å². The highest BCUT2D eigenvalue weighted by atomic mass is 32.1. The average molecular weight is 525 g/mol. The summed E-state index contributed by atoms with van der Waals surface area (Å²) in [5.74, 6) is 1.96. The molecule has 1 aromatic carbocycles. The number of nitrogens with one attached hydrogen (secondary N) is 1. The SMILES string of the molecule is C.CCN(CC)CCn1cc(-c2cc(Oc3ccc4nc(N[C@@H](CO)CC(C)C)sc4c3)ccn2)cn1. The van der Waals surface area contributed by atoms with Crippen LogP contribution in [0, 0.1) is 5.92 Å². The molecule has 0 aliphatic rings. The average Bonchev–Trinajstić information content (AvgIpc) is 3.50. The number of rotatable bonds is 13. The van der Waals surface area contributed by atoms with Gasteiger partial charge in [-0.05, 0) is 43.6 Å². The van der Waals surface area contributed by atoms with Crippen molar-refractivity contribution >= 4 is 26.7 Å². The number of benzene rings is 1. The maximum Gasteiger partial charge on any atom is 0.184 e. The number of aliphatic hydroxyl groups is 1. The number of thiazole rings is 1. The third-order valence-corrected chi connectivity index (χ3v) is 7.05. The smallest absolute Gasteiger partial charge is 0.184 e. The van der Waals surface area contributed by atoms with E-state index in [4.69, 9.17) is 4.74 Å². The van der Waals surface area contributed by atoms with E-state index >= 15 is 0 Å². The highest BCUT2D eigenvalue weighted by Gasteiger charge is 2.13. The second-order valence-electron chi connectivity index (χ2n) is 9.30. The van der Waals surface area contributed by atoms with Gasteiger partial charge in [0.1, 0.15) is 11.5 Å². The van der Waals surface area contributed by atoms with Crippen LogP contribution < -0.4 is 10.1 Å². The highest BCUT2D eigenvalue weighted by Crippen LogP contribution is 2.32. The number of hydrogen-bond acceptors (Lipinski definition) is 8. The van der Waals surface area contributed by atoms with Crippen LogP contribution in [0.15, 0.2) is 48.9 Å². The van der Waals surface area contributed by atoms with Gasteiger partial charge in [0.05, 0.1) is 41.3 Å². The third kappa shape index (κ3) is 7.74. The minimum atomic E-state index is -0.00176. The maximum absolute atomic E-state index is 9.68. The van der Waals surface area contributed by atoms with Gasteiger partial charge in [0.25, 0.3) is 0 Å². The van der Waals surface area contributed by atoms with Crippen molar-refractivity contribution in [2.24, 2.45) is 5.92 Å². The van der Waals surface area contributed by atoms with Crippen LogP contribution in [-0.2, 0) is 6.54 Å². The van der Waals surface area contributed by atoms with E-state index in [2.05, 4.69) is 53.0 Å². The van der Waals surface area contributed by atoms with Crippen LogP contribution in [0.5, 0.6) is 11.5 Å². The number of pyridine rings is 1. The second kappa shape index (κ2) is 13.5. The molecule has 4 aromatic rings. The van der Waals surface area contributed by atoms with Gasteiger partial charge in [-0.3, -0.25) is 9.67 Å². The van der Waals surface area contributed by atoms with Crippen molar-refractivity contribution in [1.29, 1.82) is 0 Å². The van der Waals surface area contributed by atoms with E-state index in [1.54, 1.807) is 17.5 Å².